The highest BCUT2D eigenvalue weighted by molar-refractivity contribution is 5.72. The molecular formula is C12H21NO2. The molecule has 0 saturated heterocycles. The van der Waals surface area contributed by atoms with Gasteiger partial charge in [-0.2, -0.15) is 0 Å². The lowest BCUT2D eigenvalue weighted by atomic mass is 9.57. The molecule has 0 heterocycles. The zero-order chi connectivity index (χ0) is 10.9. The van der Waals surface area contributed by atoms with Crippen LogP contribution in [0, 0.1) is 11.3 Å². The molecule has 0 unspecified atom stereocenters. The van der Waals surface area contributed by atoms with Crippen LogP contribution in [-0.4, -0.2) is 18.6 Å². The van der Waals surface area contributed by atoms with Gasteiger partial charge in [-0.25, -0.2) is 0 Å². The fraction of sp³-hybridized carbons (Fsp3) is 0.917. The number of esters is 1. The Morgan fingerprint density at radius 2 is 2.00 bits per heavy atom. The van der Waals surface area contributed by atoms with Crippen LogP contribution in [0.25, 0.3) is 0 Å². The topological polar surface area (TPSA) is 52.3 Å². The van der Waals surface area contributed by atoms with E-state index in [9.17, 15) is 4.79 Å². The van der Waals surface area contributed by atoms with Gasteiger partial charge in [0.25, 0.3) is 0 Å². The summed E-state index contributed by atoms with van der Waals surface area (Å²) < 4.78 is 5.06. The molecule has 0 aromatic carbocycles. The van der Waals surface area contributed by atoms with Gasteiger partial charge in [0.2, 0.25) is 0 Å². The fourth-order valence-corrected chi connectivity index (χ4v) is 3.19. The maximum atomic E-state index is 11.5. The summed E-state index contributed by atoms with van der Waals surface area (Å²) in [5.41, 5.74) is 6.34. The van der Waals surface area contributed by atoms with Gasteiger partial charge in [0, 0.05) is 6.04 Å². The molecule has 1 spiro atoms. The van der Waals surface area contributed by atoms with Gasteiger partial charge in [0.15, 0.2) is 0 Å². The first-order chi connectivity index (χ1) is 7.15. The Morgan fingerprint density at radius 3 is 2.47 bits per heavy atom. The Balaban J connectivity index is 1.79. The van der Waals surface area contributed by atoms with E-state index in [0.717, 1.165) is 12.8 Å². The summed E-state index contributed by atoms with van der Waals surface area (Å²) in [6, 6.07) is 0.421. The van der Waals surface area contributed by atoms with E-state index in [1.807, 2.05) is 6.92 Å². The van der Waals surface area contributed by atoms with Gasteiger partial charge >= 0.3 is 5.97 Å². The standard InChI is InChI=1S/C12H21NO2/c1-2-15-11(14)9-3-5-12(6-4-9)7-10(13)8-12/h9-10H,2-8,13H2,1H3. The van der Waals surface area contributed by atoms with E-state index in [4.69, 9.17) is 10.5 Å². The minimum atomic E-state index is 0.0102. The van der Waals surface area contributed by atoms with Crippen LogP contribution in [0.2, 0.25) is 0 Å². The van der Waals surface area contributed by atoms with Crippen molar-refractivity contribution in [1.29, 1.82) is 0 Å². The van der Waals surface area contributed by atoms with Crippen molar-refractivity contribution in [1.82, 2.24) is 0 Å². The smallest absolute Gasteiger partial charge is 0.308 e. The number of hydrogen-bond acceptors (Lipinski definition) is 3. The number of hydrogen-bond donors (Lipinski definition) is 1. The third kappa shape index (κ3) is 2.17. The van der Waals surface area contributed by atoms with Crippen LogP contribution in [0.3, 0.4) is 0 Å². The molecule has 0 bridgehead atoms. The summed E-state index contributed by atoms with van der Waals surface area (Å²) in [7, 11) is 0. The van der Waals surface area contributed by atoms with Crippen molar-refractivity contribution >= 4 is 5.97 Å². The second-order valence-corrected chi connectivity index (χ2v) is 5.19. The summed E-state index contributed by atoms with van der Waals surface area (Å²) in [4.78, 5) is 11.5. The van der Waals surface area contributed by atoms with Gasteiger partial charge in [-0.15, -0.1) is 0 Å². The molecular weight excluding hydrogens is 190 g/mol. The van der Waals surface area contributed by atoms with Crippen molar-refractivity contribution in [2.75, 3.05) is 6.61 Å². The highest BCUT2D eigenvalue weighted by atomic mass is 16.5. The predicted molar refractivity (Wildman–Crippen MR) is 58.2 cm³/mol. The van der Waals surface area contributed by atoms with Crippen molar-refractivity contribution in [3.63, 3.8) is 0 Å². The van der Waals surface area contributed by atoms with E-state index in [1.54, 1.807) is 0 Å². The molecule has 2 N–H and O–H groups in total. The molecule has 0 aromatic heterocycles. The summed E-state index contributed by atoms with van der Waals surface area (Å²) in [5.74, 6) is 0.170. The number of nitrogens with two attached hydrogens (primary N) is 1. The molecule has 0 aliphatic heterocycles. The molecule has 0 amide bonds. The Kier molecular flexibility index (Phi) is 3.01. The summed E-state index contributed by atoms with van der Waals surface area (Å²) in [6.07, 6.45) is 6.69. The SMILES string of the molecule is CCOC(=O)C1CCC2(CC1)CC(N)C2. The lowest BCUT2D eigenvalue weighted by molar-refractivity contribution is -0.150. The van der Waals surface area contributed by atoms with E-state index in [0.29, 0.717) is 18.1 Å². The lowest BCUT2D eigenvalue weighted by Gasteiger charge is -2.50. The molecule has 2 aliphatic carbocycles. The highest BCUT2D eigenvalue weighted by Crippen LogP contribution is 2.52. The quantitative estimate of drug-likeness (QED) is 0.709. The molecule has 0 aromatic rings. The van der Waals surface area contributed by atoms with Crippen molar-refractivity contribution < 1.29 is 9.53 Å². The van der Waals surface area contributed by atoms with Gasteiger partial charge in [0.05, 0.1) is 12.5 Å². The van der Waals surface area contributed by atoms with Crippen LogP contribution in [0.15, 0.2) is 0 Å². The Morgan fingerprint density at radius 1 is 1.40 bits per heavy atom. The van der Waals surface area contributed by atoms with Crippen molar-refractivity contribution in [2.24, 2.45) is 17.1 Å². The summed E-state index contributed by atoms with van der Waals surface area (Å²) >= 11 is 0. The van der Waals surface area contributed by atoms with Gasteiger partial charge in [-0.1, -0.05) is 0 Å². The van der Waals surface area contributed by atoms with Crippen LogP contribution in [0.4, 0.5) is 0 Å². The van der Waals surface area contributed by atoms with E-state index >= 15 is 0 Å². The number of carbonyl (C=O) groups excluding carboxylic acids is 1. The van der Waals surface area contributed by atoms with Gasteiger partial charge in [-0.05, 0) is 50.9 Å². The fourth-order valence-electron chi connectivity index (χ4n) is 3.19. The minimum absolute atomic E-state index is 0.0102. The number of ether oxygens (including phenoxy) is 1. The minimum Gasteiger partial charge on any atom is -0.466 e. The first-order valence-corrected chi connectivity index (χ1v) is 6.07. The monoisotopic (exact) mass is 211 g/mol. The molecule has 3 nitrogen and oxygen atoms in total. The Hall–Kier alpha value is -0.570. The molecule has 0 radical (unpaired) electrons. The van der Waals surface area contributed by atoms with Crippen molar-refractivity contribution in [3.8, 4) is 0 Å². The Labute approximate surface area is 91.4 Å². The molecule has 2 aliphatic rings. The maximum absolute atomic E-state index is 11.5. The van der Waals surface area contributed by atoms with Crippen LogP contribution in [0.1, 0.15) is 45.4 Å². The average molecular weight is 211 g/mol. The molecule has 2 saturated carbocycles. The van der Waals surface area contributed by atoms with Crippen molar-refractivity contribution in [3.05, 3.63) is 0 Å². The first kappa shape index (κ1) is 10.9. The second kappa shape index (κ2) is 4.12. The zero-order valence-electron chi connectivity index (χ0n) is 9.50. The molecule has 2 rings (SSSR count). The summed E-state index contributed by atoms with van der Waals surface area (Å²) in [6.45, 7) is 2.37. The molecule has 15 heavy (non-hydrogen) atoms. The van der Waals surface area contributed by atoms with Gasteiger partial charge in [0.1, 0.15) is 0 Å². The van der Waals surface area contributed by atoms with Crippen LogP contribution in [-0.2, 0) is 9.53 Å². The highest BCUT2D eigenvalue weighted by Gasteiger charge is 2.45. The molecule has 86 valence electrons. The first-order valence-electron chi connectivity index (χ1n) is 6.07. The Bertz CT molecular complexity index is 236. The van der Waals surface area contributed by atoms with Gasteiger partial charge in [-0.3, -0.25) is 4.79 Å². The molecule has 3 heteroatoms. The van der Waals surface area contributed by atoms with E-state index < -0.39 is 0 Å². The average Bonchev–Trinajstić information content (AvgIpc) is 2.17. The molecule has 2 fully saturated rings. The van der Waals surface area contributed by atoms with Gasteiger partial charge < -0.3 is 10.5 Å². The van der Waals surface area contributed by atoms with E-state index in [1.165, 1.54) is 25.7 Å². The van der Waals surface area contributed by atoms with E-state index in [-0.39, 0.29) is 11.9 Å². The normalized spacial score (nSPS) is 39.9. The lowest BCUT2D eigenvalue weighted by Crippen LogP contribution is -2.48. The molecule has 0 atom stereocenters. The van der Waals surface area contributed by atoms with Crippen LogP contribution < -0.4 is 5.73 Å². The summed E-state index contributed by atoms with van der Waals surface area (Å²) in [5, 5.41) is 0. The van der Waals surface area contributed by atoms with Crippen LogP contribution in [0.5, 0.6) is 0 Å². The van der Waals surface area contributed by atoms with Crippen LogP contribution >= 0.6 is 0 Å². The van der Waals surface area contributed by atoms with Crippen molar-refractivity contribution in [2.45, 2.75) is 51.5 Å². The maximum Gasteiger partial charge on any atom is 0.308 e. The zero-order valence-corrected chi connectivity index (χ0v) is 9.50. The number of rotatable bonds is 2. The third-order valence-corrected chi connectivity index (χ3v) is 4.06. The number of carbonyl (C=O) groups is 1. The largest absolute Gasteiger partial charge is 0.466 e. The predicted octanol–water partition coefficient (Wildman–Crippen LogP) is 1.85. The second-order valence-electron chi connectivity index (χ2n) is 5.19. The van der Waals surface area contributed by atoms with E-state index in [2.05, 4.69) is 0 Å². The third-order valence-electron chi connectivity index (χ3n) is 4.06.